The van der Waals surface area contributed by atoms with Gasteiger partial charge in [0.25, 0.3) is 11.6 Å². The molecule has 1 aromatic heterocycles. The lowest BCUT2D eigenvalue weighted by Gasteiger charge is -2.32. The summed E-state index contributed by atoms with van der Waals surface area (Å²) >= 11 is 0. The third-order valence-corrected chi connectivity index (χ3v) is 6.87. The average Bonchev–Trinajstić information content (AvgIpc) is 3.39. The van der Waals surface area contributed by atoms with Crippen molar-refractivity contribution < 1.29 is 14.5 Å². The van der Waals surface area contributed by atoms with E-state index >= 15 is 0 Å². The number of ether oxygens (including phenoxy) is 1. The number of aromatic nitrogens is 2. The third-order valence-electron chi connectivity index (χ3n) is 6.87. The zero-order chi connectivity index (χ0) is 25.8. The van der Waals surface area contributed by atoms with Crippen LogP contribution in [0, 0.1) is 16.0 Å². The van der Waals surface area contributed by atoms with Crippen molar-refractivity contribution in [1.29, 1.82) is 0 Å². The zero-order valence-corrected chi connectivity index (χ0v) is 20.6. The number of hydrogen-bond donors (Lipinski definition) is 0. The Hall–Kier alpha value is -4.46. The molecule has 0 saturated carbocycles. The van der Waals surface area contributed by atoms with Gasteiger partial charge in [-0.1, -0.05) is 42.5 Å². The van der Waals surface area contributed by atoms with Gasteiger partial charge in [-0.05, 0) is 61.1 Å². The summed E-state index contributed by atoms with van der Waals surface area (Å²) in [6.07, 6.45) is 2.90. The smallest absolute Gasteiger partial charge is 0.272 e. The minimum Gasteiger partial charge on any atom is -0.497 e. The number of benzene rings is 3. The summed E-state index contributed by atoms with van der Waals surface area (Å²) in [7, 11) is 1.60. The predicted octanol–water partition coefficient (Wildman–Crippen LogP) is 5.55. The Morgan fingerprint density at radius 2 is 1.73 bits per heavy atom. The van der Waals surface area contributed by atoms with Crippen LogP contribution in [0.25, 0.3) is 16.9 Å². The molecular weight excluding hydrogens is 468 g/mol. The summed E-state index contributed by atoms with van der Waals surface area (Å²) in [5.74, 6) is 1.13. The number of nitro benzene ring substituents is 1. The average molecular weight is 497 g/mol. The third kappa shape index (κ3) is 5.38. The molecule has 1 saturated heterocycles. The number of piperidine rings is 1. The van der Waals surface area contributed by atoms with Crippen molar-refractivity contribution >= 4 is 11.6 Å². The maximum Gasteiger partial charge on any atom is 0.272 e. The van der Waals surface area contributed by atoms with Crippen molar-refractivity contribution in [3.63, 3.8) is 0 Å². The molecule has 8 heteroatoms. The maximum absolute atomic E-state index is 13.7. The fraction of sp³-hybridized carbons (Fsp3) is 0.241. The van der Waals surface area contributed by atoms with E-state index in [0.29, 0.717) is 41.8 Å². The summed E-state index contributed by atoms with van der Waals surface area (Å²) in [5.41, 5.74) is 3.76. The summed E-state index contributed by atoms with van der Waals surface area (Å²) in [5, 5.41) is 15.9. The van der Waals surface area contributed by atoms with Crippen LogP contribution in [0.1, 0.15) is 28.9 Å². The van der Waals surface area contributed by atoms with Gasteiger partial charge in [-0.2, -0.15) is 5.10 Å². The van der Waals surface area contributed by atoms with Crippen LogP contribution in [0.15, 0.2) is 84.9 Å². The summed E-state index contributed by atoms with van der Waals surface area (Å²) in [6.45, 7) is 1.35. The first-order chi connectivity index (χ1) is 18.0. The Kier molecular flexibility index (Phi) is 6.98. The number of rotatable bonds is 7. The normalized spacial score (nSPS) is 13.9. The van der Waals surface area contributed by atoms with Crippen molar-refractivity contribution in [2.45, 2.75) is 19.3 Å². The quantitative estimate of drug-likeness (QED) is 0.247. The number of nitrogens with zero attached hydrogens (tertiary/aromatic N) is 4. The van der Waals surface area contributed by atoms with Crippen LogP contribution in [0.5, 0.6) is 5.75 Å². The van der Waals surface area contributed by atoms with E-state index in [9.17, 15) is 14.9 Å². The molecule has 188 valence electrons. The Balaban J connectivity index is 1.41. The van der Waals surface area contributed by atoms with Crippen LogP contribution in [-0.4, -0.2) is 45.7 Å². The minimum absolute atomic E-state index is 0.0164. The number of non-ortho nitro benzene ring substituents is 1. The standard InChI is InChI=1S/C29H28N4O4/c1-37-26-9-5-8-23(19-26)27-20-28(32(30-27)24-10-12-25(13-11-24)33(35)36)29(34)31-16-14-22(15-17-31)18-21-6-3-2-4-7-21/h2-13,19-20,22H,14-18H2,1H3. The Morgan fingerprint density at radius 1 is 1.00 bits per heavy atom. The molecule has 1 aliphatic rings. The van der Waals surface area contributed by atoms with E-state index in [0.717, 1.165) is 24.8 Å². The predicted molar refractivity (Wildman–Crippen MR) is 141 cm³/mol. The molecule has 0 aliphatic carbocycles. The van der Waals surface area contributed by atoms with Gasteiger partial charge in [-0.25, -0.2) is 4.68 Å². The van der Waals surface area contributed by atoms with E-state index in [4.69, 9.17) is 9.84 Å². The Bertz CT molecular complexity index is 1390. The summed E-state index contributed by atoms with van der Waals surface area (Å²) in [4.78, 5) is 26.3. The van der Waals surface area contributed by atoms with E-state index in [1.54, 1.807) is 30.0 Å². The molecule has 0 atom stereocenters. The highest BCUT2D eigenvalue weighted by atomic mass is 16.6. The number of carbonyl (C=O) groups excluding carboxylic acids is 1. The topological polar surface area (TPSA) is 90.5 Å². The van der Waals surface area contributed by atoms with Crippen LogP contribution < -0.4 is 4.74 Å². The maximum atomic E-state index is 13.7. The van der Waals surface area contributed by atoms with E-state index in [-0.39, 0.29) is 11.6 Å². The summed E-state index contributed by atoms with van der Waals surface area (Å²) < 4.78 is 6.94. The highest BCUT2D eigenvalue weighted by Gasteiger charge is 2.27. The van der Waals surface area contributed by atoms with Gasteiger partial charge in [0.1, 0.15) is 11.4 Å². The molecule has 1 amide bonds. The molecule has 0 spiro atoms. The molecule has 0 unspecified atom stereocenters. The molecule has 1 aliphatic heterocycles. The van der Waals surface area contributed by atoms with Crippen LogP contribution >= 0.6 is 0 Å². The van der Waals surface area contributed by atoms with Gasteiger partial charge in [0.2, 0.25) is 0 Å². The fourth-order valence-electron chi connectivity index (χ4n) is 4.82. The van der Waals surface area contributed by atoms with Gasteiger partial charge < -0.3 is 9.64 Å². The number of carbonyl (C=O) groups is 1. The second-order valence-corrected chi connectivity index (χ2v) is 9.26. The van der Waals surface area contributed by atoms with Crippen LogP contribution in [0.4, 0.5) is 5.69 Å². The molecule has 4 aromatic rings. The van der Waals surface area contributed by atoms with E-state index in [1.807, 2.05) is 35.2 Å². The van der Waals surface area contributed by atoms with E-state index in [2.05, 4.69) is 24.3 Å². The molecule has 8 nitrogen and oxygen atoms in total. The van der Waals surface area contributed by atoms with Gasteiger partial charge in [0, 0.05) is 30.8 Å². The van der Waals surface area contributed by atoms with Crippen LogP contribution in [0.3, 0.4) is 0 Å². The minimum atomic E-state index is -0.444. The van der Waals surface area contributed by atoms with Crippen molar-refractivity contribution in [3.8, 4) is 22.7 Å². The number of methoxy groups -OCH3 is 1. The second kappa shape index (κ2) is 10.7. The number of hydrogen-bond acceptors (Lipinski definition) is 5. The summed E-state index contributed by atoms with van der Waals surface area (Å²) in [6, 6.07) is 25.8. The highest BCUT2D eigenvalue weighted by Crippen LogP contribution is 2.28. The van der Waals surface area contributed by atoms with Gasteiger partial charge in [0.05, 0.1) is 23.4 Å². The first-order valence-corrected chi connectivity index (χ1v) is 12.3. The second-order valence-electron chi connectivity index (χ2n) is 9.26. The van der Waals surface area contributed by atoms with Crippen LogP contribution in [-0.2, 0) is 6.42 Å². The molecule has 0 bridgehead atoms. The monoisotopic (exact) mass is 496 g/mol. The molecule has 0 N–H and O–H groups in total. The number of likely N-dealkylation sites (tertiary alicyclic amines) is 1. The van der Waals surface area contributed by atoms with E-state index in [1.165, 1.54) is 17.7 Å². The SMILES string of the molecule is COc1cccc(-c2cc(C(=O)N3CCC(Cc4ccccc4)CC3)n(-c3ccc([N+](=O)[O-])cc3)n2)c1. The van der Waals surface area contributed by atoms with Gasteiger partial charge >= 0.3 is 0 Å². The highest BCUT2D eigenvalue weighted by molar-refractivity contribution is 5.94. The lowest BCUT2D eigenvalue weighted by atomic mass is 9.90. The lowest BCUT2D eigenvalue weighted by molar-refractivity contribution is -0.384. The Labute approximate surface area is 215 Å². The molecule has 0 radical (unpaired) electrons. The van der Waals surface area contributed by atoms with Crippen molar-refractivity contribution in [3.05, 3.63) is 106 Å². The molecule has 3 aromatic carbocycles. The van der Waals surface area contributed by atoms with Crippen molar-refractivity contribution in [2.75, 3.05) is 20.2 Å². The lowest BCUT2D eigenvalue weighted by Crippen LogP contribution is -2.39. The molecule has 37 heavy (non-hydrogen) atoms. The molecule has 5 rings (SSSR count). The molecule has 1 fully saturated rings. The van der Waals surface area contributed by atoms with Gasteiger partial charge in [0.15, 0.2) is 0 Å². The van der Waals surface area contributed by atoms with Gasteiger partial charge in [-0.3, -0.25) is 14.9 Å². The Morgan fingerprint density at radius 3 is 2.41 bits per heavy atom. The van der Waals surface area contributed by atoms with Crippen LogP contribution in [0.2, 0.25) is 0 Å². The largest absolute Gasteiger partial charge is 0.497 e. The number of nitro groups is 1. The molecule has 2 heterocycles. The zero-order valence-electron chi connectivity index (χ0n) is 20.6. The van der Waals surface area contributed by atoms with Gasteiger partial charge in [-0.15, -0.1) is 0 Å². The van der Waals surface area contributed by atoms with E-state index < -0.39 is 4.92 Å². The first kappa shape index (κ1) is 24.2. The van der Waals surface area contributed by atoms with Crippen molar-refractivity contribution in [2.24, 2.45) is 5.92 Å². The van der Waals surface area contributed by atoms with Crippen molar-refractivity contribution in [1.82, 2.24) is 14.7 Å². The number of amides is 1. The molecular formula is C29H28N4O4. The first-order valence-electron chi connectivity index (χ1n) is 12.3. The fourth-order valence-corrected chi connectivity index (χ4v) is 4.82.